The van der Waals surface area contributed by atoms with Gasteiger partial charge < -0.3 is 9.88 Å². The van der Waals surface area contributed by atoms with Crippen LogP contribution in [0.15, 0.2) is 70.6 Å². The second-order valence-electron chi connectivity index (χ2n) is 8.51. The van der Waals surface area contributed by atoms with Crippen LogP contribution in [0.5, 0.6) is 0 Å². The van der Waals surface area contributed by atoms with Gasteiger partial charge in [0.15, 0.2) is 0 Å². The zero-order chi connectivity index (χ0) is 27.1. The van der Waals surface area contributed by atoms with Crippen molar-refractivity contribution in [1.29, 1.82) is 0 Å². The maximum absolute atomic E-state index is 13.9. The number of sulfonamides is 2. The second kappa shape index (κ2) is 10.6. The number of aromatic nitrogens is 1. The Morgan fingerprint density at radius 3 is 1.68 bits per heavy atom. The third-order valence-electron chi connectivity index (χ3n) is 5.49. The summed E-state index contributed by atoms with van der Waals surface area (Å²) in [7, 11) is -5.56. The number of likely N-dealkylation sites (N-methyl/N-ethyl adjacent to an activating group) is 1. The Balaban J connectivity index is 1.94. The average Bonchev–Trinajstić information content (AvgIpc) is 3.18. The molecule has 0 saturated carbocycles. The highest BCUT2D eigenvalue weighted by atomic mass is 35.5. The zero-order valence-corrected chi connectivity index (χ0v) is 24.2. The normalized spacial score (nSPS) is 12.4. The molecule has 4 aromatic rings. The number of nitrogens with zero attached hydrogens (tertiary/aromatic N) is 2. The van der Waals surface area contributed by atoms with E-state index in [2.05, 4.69) is 4.98 Å². The van der Waals surface area contributed by atoms with E-state index in [1.807, 2.05) is 25.2 Å². The fraction of sp³-hybridized carbons (Fsp3) is 0.167. The first kappa shape index (κ1) is 28.0. The van der Waals surface area contributed by atoms with Crippen LogP contribution in [-0.4, -0.2) is 47.4 Å². The van der Waals surface area contributed by atoms with E-state index in [0.717, 1.165) is 48.2 Å². The lowest BCUT2D eigenvalue weighted by molar-refractivity contribution is 0.414. The van der Waals surface area contributed by atoms with Gasteiger partial charge in [-0.25, -0.2) is 16.8 Å². The Hall–Kier alpha value is -1.98. The number of fused-ring (bicyclic) bond motifs is 1. The van der Waals surface area contributed by atoms with Gasteiger partial charge in [-0.1, -0.05) is 52.5 Å². The van der Waals surface area contributed by atoms with Gasteiger partial charge in [0, 0.05) is 43.7 Å². The summed E-state index contributed by atoms with van der Waals surface area (Å²) in [6.07, 6.45) is 2.56. The smallest absolute Gasteiger partial charge is 0.277 e. The van der Waals surface area contributed by atoms with Crippen molar-refractivity contribution in [1.82, 2.24) is 9.88 Å². The summed E-state index contributed by atoms with van der Waals surface area (Å²) < 4.78 is 55.9. The predicted molar refractivity (Wildman–Crippen MR) is 150 cm³/mol. The van der Waals surface area contributed by atoms with Crippen LogP contribution in [0.2, 0.25) is 20.1 Å². The van der Waals surface area contributed by atoms with Gasteiger partial charge in [-0.2, -0.15) is 3.71 Å². The first-order chi connectivity index (χ1) is 17.3. The molecule has 0 radical (unpaired) electrons. The van der Waals surface area contributed by atoms with Crippen molar-refractivity contribution in [2.24, 2.45) is 0 Å². The maximum atomic E-state index is 13.9. The van der Waals surface area contributed by atoms with Gasteiger partial charge >= 0.3 is 0 Å². The first-order valence-electron chi connectivity index (χ1n) is 10.8. The van der Waals surface area contributed by atoms with Crippen LogP contribution in [0.25, 0.3) is 10.9 Å². The fourth-order valence-electron chi connectivity index (χ4n) is 3.79. The lowest BCUT2D eigenvalue weighted by Gasteiger charge is -2.24. The monoisotopic (exact) mass is 619 g/mol. The van der Waals surface area contributed by atoms with Gasteiger partial charge in [-0.05, 0) is 74.6 Å². The number of aromatic amines is 1. The molecule has 0 atom stereocenters. The Kier molecular flexibility index (Phi) is 8.07. The van der Waals surface area contributed by atoms with Gasteiger partial charge in [0.05, 0.1) is 15.5 Å². The molecule has 0 aliphatic rings. The molecule has 3 aromatic carbocycles. The van der Waals surface area contributed by atoms with Gasteiger partial charge in [0.25, 0.3) is 20.0 Å². The summed E-state index contributed by atoms with van der Waals surface area (Å²) in [5, 5.41) is 0.954. The molecule has 7 nitrogen and oxygen atoms in total. The van der Waals surface area contributed by atoms with Crippen LogP contribution in [0.1, 0.15) is 5.56 Å². The van der Waals surface area contributed by atoms with Crippen LogP contribution in [0.3, 0.4) is 0 Å². The van der Waals surface area contributed by atoms with Crippen LogP contribution in [0, 0.1) is 0 Å². The Labute approximate surface area is 235 Å². The molecule has 0 amide bonds. The topological polar surface area (TPSA) is 90.6 Å². The van der Waals surface area contributed by atoms with Crippen molar-refractivity contribution in [3.8, 4) is 0 Å². The number of hydrogen-bond acceptors (Lipinski definition) is 5. The van der Waals surface area contributed by atoms with Gasteiger partial charge in [0.2, 0.25) is 0 Å². The molecule has 0 aliphatic heterocycles. The highest BCUT2D eigenvalue weighted by Crippen LogP contribution is 2.36. The molecule has 0 saturated heterocycles. The standard InChI is InChI=1S/C24H21Cl4N3O4S2/c1-30(2)6-5-15-14-29-24-13-20(3-4-23(15)24)31(36(32,33)21-9-16(25)7-17(26)10-21)37(34,35)22-11-18(27)8-19(28)12-22/h3-4,7-14,29H,5-6H2,1-2H3. The minimum absolute atomic E-state index is 0.0274. The third-order valence-corrected chi connectivity index (χ3v) is 10.5. The average molecular weight is 621 g/mol. The molecule has 1 N–H and O–H groups in total. The SMILES string of the molecule is CN(C)CCc1c[nH]c2cc(N(S(=O)(=O)c3cc(Cl)cc(Cl)c3)S(=O)(=O)c3cc(Cl)cc(Cl)c3)ccc12. The molecule has 4 rings (SSSR count). The first-order valence-corrected chi connectivity index (χ1v) is 15.2. The van der Waals surface area contributed by atoms with Gasteiger partial charge in [-0.3, -0.25) is 0 Å². The Morgan fingerprint density at radius 1 is 0.730 bits per heavy atom. The third kappa shape index (κ3) is 5.88. The van der Waals surface area contributed by atoms with E-state index in [1.54, 1.807) is 6.07 Å². The van der Waals surface area contributed by atoms with E-state index in [-0.39, 0.29) is 25.8 Å². The lowest BCUT2D eigenvalue weighted by Crippen LogP contribution is -2.37. The largest absolute Gasteiger partial charge is 0.361 e. The van der Waals surface area contributed by atoms with Crippen molar-refractivity contribution in [3.63, 3.8) is 0 Å². The lowest BCUT2D eigenvalue weighted by atomic mass is 10.1. The number of H-pyrrole nitrogens is 1. The zero-order valence-electron chi connectivity index (χ0n) is 19.5. The number of hydrogen-bond donors (Lipinski definition) is 1. The summed E-state index contributed by atoms with van der Waals surface area (Å²) >= 11 is 24.2. The van der Waals surface area contributed by atoms with Crippen LogP contribution < -0.4 is 3.71 Å². The van der Waals surface area contributed by atoms with E-state index in [1.165, 1.54) is 24.3 Å². The molecule has 0 spiro atoms. The summed E-state index contributed by atoms with van der Waals surface area (Å²) in [5.74, 6) is 0. The molecule has 1 aromatic heterocycles. The number of nitrogens with one attached hydrogen (secondary N) is 1. The fourth-order valence-corrected chi connectivity index (χ4v) is 8.92. The maximum Gasteiger partial charge on any atom is 0.277 e. The predicted octanol–water partition coefficient (Wildman–Crippen LogP) is 6.47. The van der Waals surface area contributed by atoms with E-state index in [9.17, 15) is 16.8 Å². The number of rotatable bonds is 8. The van der Waals surface area contributed by atoms with Gasteiger partial charge in [0.1, 0.15) is 0 Å². The molecule has 196 valence electrons. The summed E-state index contributed by atoms with van der Waals surface area (Å²) in [6.45, 7) is 0.800. The molecule has 37 heavy (non-hydrogen) atoms. The van der Waals surface area contributed by atoms with E-state index >= 15 is 0 Å². The Bertz CT molecular complexity index is 1580. The summed E-state index contributed by atoms with van der Waals surface area (Å²) in [5.41, 5.74) is 1.45. The van der Waals surface area contributed by atoms with E-state index < -0.39 is 29.8 Å². The number of anilines is 1. The summed E-state index contributed by atoms with van der Waals surface area (Å²) in [4.78, 5) is 4.34. The van der Waals surface area contributed by atoms with E-state index in [0.29, 0.717) is 9.23 Å². The van der Waals surface area contributed by atoms with Crippen LogP contribution in [0.4, 0.5) is 5.69 Å². The molecule has 0 unspecified atom stereocenters. The van der Waals surface area contributed by atoms with Crippen LogP contribution in [-0.2, 0) is 26.5 Å². The molecule has 13 heteroatoms. The van der Waals surface area contributed by atoms with Crippen molar-refractivity contribution in [3.05, 3.63) is 86.4 Å². The van der Waals surface area contributed by atoms with Crippen molar-refractivity contribution >= 4 is 83.0 Å². The number of halogens is 4. The Morgan fingerprint density at radius 2 is 1.22 bits per heavy atom. The highest BCUT2D eigenvalue weighted by Gasteiger charge is 2.38. The quantitative estimate of drug-likeness (QED) is 0.244. The second-order valence-corrected chi connectivity index (χ2v) is 14.1. The van der Waals surface area contributed by atoms with Crippen LogP contribution >= 0.6 is 46.4 Å². The van der Waals surface area contributed by atoms with E-state index in [4.69, 9.17) is 46.4 Å². The molecule has 0 bridgehead atoms. The van der Waals surface area contributed by atoms with Crippen molar-refractivity contribution < 1.29 is 16.8 Å². The molecule has 0 aliphatic carbocycles. The molecule has 1 heterocycles. The number of benzene rings is 3. The molecular weight excluding hydrogens is 600 g/mol. The molecule has 0 fully saturated rings. The highest BCUT2D eigenvalue weighted by molar-refractivity contribution is 8.10. The summed E-state index contributed by atoms with van der Waals surface area (Å²) in [6, 6.07) is 11.8. The molecular formula is C24H21Cl4N3O4S2. The van der Waals surface area contributed by atoms with Gasteiger partial charge in [-0.15, -0.1) is 0 Å². The van der Waals surface area contributed by atoms with Crippen molar-refractivity contribution in [2.45, 2.75) is 16.2 Å². The minimum atomic E-state index is -4.74. The minimum Gasteiger partial charge on any atom is -0.361 e. The van der Waals surface area contributed by atoms with Crippen molar-refractivity contribution in [2.75, 3.05) is 24.4 Å².